The molecule has 0 spiro atoms. The molecule has 2 N–H and O–H groups in total. The second-order valence-corrected chi connectivity index (χ2v) is 3.16. The fraction of sp³-hybridized carbons (Fsp3) is 0.231. The van der Waals surface area contributed by atoms with Crippen LogP contribution >= 0.6 is 0 Å². The molecule has 0 aliphatic carbocycles. The average molecular weight is 215 g/mol. The van der Waals surface area contributed by atoms with Gasteiger partial charge in [0.25, 0.3) is 0 Å². The van der Waals surface area contributed by atoms with E-state index in [4.69, 9.17) is 5.73 Å². The summed E-state index contributed by atoms with van der Waals surface area (Å²) >= 11 is 0. The molecular weight excluding hydrogens is 198 g/mol. The fourth-order valence-corrected chi connectivity index (χ4v) is 1.30. The summed E-state index contributed by atoms with van der Waals surface area (Å²) in [6, 6.07) is 7.73. The van der Waals surface area contributed by atoms with Crippen LogP contribution in [-0.2, 0) is 0 Å². The minimum atomic E-state index is 0.541. The number of pyridine rings is 2. The summed E-state index contributed by atoms with van der Waals surface area (Å²) in [5.74, 6) is 0.541. The normalized spacial score (nSPS) is 9.19. The number of nitrogen functional groups attached to an aromatic ring is 1. The van der Waals surface area contributed by atoms with Gasteiger partial charge in [-0.2, -0.15) is 0 Å². The van der Waals surface area contributed by atoms with E-state index in [9.17, 15) is 0 Å². The van der Waals surface area contributed by atoms with Gasteiger partial charge in [-0.15, -0.1) is 0 Å². The lowest BCUT2D eigenvalue weighted by Gasteiger charge is -2.01. The maximum Gasteiger partial charge on any atom is 0.123 e. The van der Waals surface area contributed by atoms with Gasteiger partial charge in [-0.1, -0.05) is 13.8 Å². The van der Waals surface area contributed by atoms with E-state index in [2.05, 4.69) is 9.97 Å². The van der Waals surface area contributed by atoms with Crippen LogP contribution in [0.15, 0.2) is 36.7 Å². The third-order valence-corrected chi connectivity index (χ3v) is 2.02. The van der Waals surface area contributed by atoms with Gasteiger partial charge >= 0.3 is 0 Å². The second-order valence-electron chi connectivity index (χ2n) is 3.16. The lowest BCUT2D eigenvalue weighted by molar-refractivity contribution is 1.20. The summed E-state index contributed by atoms with van der Waals surface area (Å²) in [5, 5.41) is 0. The number of hydrogen-bond donors (Lipinski definition) is 1. The number of nitrogens with zero attached hydrogens (tertiary/aromatic N) is 2. The highest BCUT2D eigenvalue weighted by molar-refractivity contribution is 5.63. The molecule has 16 heavy (non-hydrogen) atoms. The van der Waals surface area contributed by atoms with Crippen molar-refractivity contribution in [3.05, 3.63) is 42.4 Å². The summed E-state index contributed by atoms with van der Waals surface area (Å²) in [6.45, 7) is 5.97. The SMILES string of the molecule is CC.Cc1cc(-c2ccc(N)nc2)ccn1. The van der Waals surface area contributed by atoms with Crippen molar-refractivity contribution in [2.75, 3.05) is 5.73 Å². The maximum absolute atomic E-state index is 5.51. The summed E-state index contributed by atoms with van der Waals surface area (Å²) in [5.41, 5.74) is 8.69. The van der Waals surface area contributed by atoms with E-state index in [0.29, 0.717) is 5.82 Å². The molecule has 0 amide bonds. The molecule has 3 heteroatoms. The van der Waals surface area contributed by atoms with E-state index in [0.717, 1.165) is 16.8 Å². The van der Waals surface area contributed by atoms with Gasteiger partial charge in [0.05, 0.1) is 0 Å². The maximum atomic E-state index is 5.51. The minimum absolute atomic E-state index is 0.541. The second kappa shape index (κ2) is 5.85. The first-order valence-corrected chi connectivity index (χ1v) is 5.40. The van der Waals surface area contributed by atoms with E-state index in [-0.39, 0.29) is 0 Å². The monoisotopic (exact) mass is 215 g/mol. The lowest BCUT2D eigenvalue weighted by atomic mass is 10.1. The van der Waals surface area contributed by atoms with Gasteiger partial charge in [-0.3, -0.25) is 4.98 Å². The van der Waals surface area contributed by atoms with Gasteiger partial charge in [0, 0.05) is 23.7 Å². The van der Waals surface area contributed by atoms with Crippen LogP contribution in [0, 0.1) is 6.92 Å². The van der Waals surface area contributed by atoms with E-state index in [1.54, 1.807) is 18.5 Å². The Hall–Kier alpha value is -1.90. The van der Waals surface area contributed by atoms with E-state index in [1.807, 2.05) is 39.0 Å². The van der Waals surface area contributed by atoms with Crippen molar-refractivity contribution in [1.29, 1.82) is 0 Å². The van der Waals surface area contributed by atoms with Crippen LogP contribution in [0.2, 0.25) is 0 Å². The van der Waals surface area contributed by atoms with Crippen molar-refractivity contribution < 1.29 is 0 Å². The first-order chi connectivity index (χ1) is 7.75. The predicted octanol–water partition coefficient (Wildman–Crippen LogP) is 3.06. The average Bonchev–Trinajstić information content (AvgIpc) is 2.32. The molecule has 2 heterocycles. The van der Waals surface area contributed by atoms with E-state index >= 15 is 0 Å². The third-order valence-electron chi connectivity index (χ3n) is 2.02. The standard InChI is InChI=1S/C11H11N3.C2H6/c1-8-6-9(4-5-13-8)10-2-3-11(12)14-7-10;1-2/h2-7H,1H3,(H2,12,14);1-2H3. The number of anilines is 1. The van der Waals surface area contributed by atoms with Gasteiger partial charge in [-0.25, -0.2) is 4.98 Å². The van der Waals surface area contributed by atoms with Gasteiger partial charge in [0.1, 0.15) is 5.82 Å². The highest BCUT2D eigenvalue weighted by Crippen LogP contribution is 2.18. The molecule has 0 saturated heterocycles. The van der Waals surface area contributed by atoms with Gasteiger partial charge in [0.15, 0.2) is 0 Å². The number of hydrogen-bond acceptors (Lipinski definition) is 3. The van der Waals surface area contributed by atoms with Gasteiger partial charge in [0.2, 0.25) is 0 Å². The highest BCUT2D eigenvalue weighted by Gasteiger charge is 1.97. The van der Waals surface area contributed by atoms with Crippen LogP contribution in [0.1, 0.15) is 19.5 Å². The van der Waals surface area contributed by atoms with Crippen molar-refractivity contribution in [3.8, 4) is 11.1 Å². The number of rotatable bonds is 1. The van der Waals surface area contributed by atoms with Crippen molar-refractivity contribution in [2.45, 2.75) is 20.8 Å². The Balaban J connectivity index is 0.000000606. The quantitative estimate of drug-likeness (QED) is 0.795. The van der Waals surface area contributed by atoms with Gasteiger partial charge in [-0.05, 0) is 36.8 Å². The zero-order valence-electron chi connectivity index (χ0n) is 9.94. The van der Waals surface area contributed by atoms with Gasteiger partial charge < -0.3 is 5.73 Å². The zero-order valence-corrected chi connectivity index (χ0v) is 9.94. The molecule has 2 aromatic rings. The molecular formula is C13H17N3. The summed E-state index contributed by atoms with van der Waals surface area (Å²) in [4.78, 5) is 8.18. The van der Waals surface area contributed by atoms with Crippen LogP contribution in [-0.4, -0.2) is 9.97 Å². The third kappa shape index (κ3) is 3.05. The molecule has 84 valence electrons. The Bertz CT molecular complexity index is 435. The van der Waals surface area contributed by atoms with Crippen molar-refractivity contribution >= 4 is 5.82 Å². The first-order valence-electron chi connectivity index (χ1n) is 5.40. The number of aryl methyl sites for hydroxylation is 1. The highest BCUT2D eigenvalue weighted by atomic mass is 14.8. The molecule has 2 aromatic heterocycles. The number of aromatic nitrogens is 2. The van der Waals surface area contributed by atoms with Crippen molar-refractivity contribution in [3.63, 3.8) is 0 Å². The summed E-state index contributed by atoms with van der Waals surface area (Å²) in [7, 11) is 0. The zero-order chi connectivity index (χ0) is 12.0. The first kappa shape index (κ1) is 12.2. The molecule has 3 nitrogen and oxygen atoms in total. The van der Waals surface area contributed by atoms with Crippen LogP contribution in [0.4, 0.5) is 5.82 Å². The lowest BCUT2D eigenvalue weighted by Crippen LogP contribution is -1.89. The molecule has 0 radical (unpaired) electrons. The van der Waals surface area contributed by atoms with Crippen LogP contribution in [0.25, 0.3) is 11.1 Å². The van der Waals surface area contributed by atoms with Crippen LogP contribution < -0.4 is 5.73 Å². The minimum Gasteiger partial charge on any atom is -0.384 e. The molecule has 2 rings (SSSR count). The molecule has 0 aromatic carbocycles. The van der Waals surface area contributed by atoms with Crippen LogP contribution in [0.5, 0.6) is 0 Å². The Morgan fingerprint density at radius 1 is 1.00 bits per heavy atom. The predicted molar refractivity (Wildman–Crippen MR) is 68.0 cm³/mol. The smallest absolute Gasteiger partial charge is 0.123 e. The van der Waals surface area contributed by atoms with Crippen LogP contribution in [0.3, 0.4) is 0 Å². The topological polar surface area (TPSA) is 51.8 Å². The Morgan fingerprint density at radius 2 is 1.75 bits per heavy atom. The van der Waals surface area contributed by atoms with Crippen molar-refractivity contribution in [2.24, 2.45) is 0 Å². The Morgan fingerprint density at radius 3 is 2.31 bits per heavy atom. The molecule has 0 bridgehead atoms. The largest absolute Gasteiger partial charge is 0.384 e. The molecule has 0 aliphatic rings. The van der Waals surface area contributed by atoms with Crippen molar-refractivity contribution in [1.82, 2.24) is 9.97 Å². The summed E-state index contributed by atoms with van der Waals surface area (Å²) in [6.07, 6.45) is 3.56. The molecule has 0 atom stereocenters. The Labute approximate surface area is 96.4 Å². The summed E-state index contributed by atoms with van der Waals surface area (Å²) < 4.78 is 0. The molecule has 0 fully saturated rings. The Kier molecular flexibility index (Phi) is 4.45. The fourth-order valence-electron chi connectivity index (χ4n) is 1.30. The number of nitrogens with two attached hydrogens (primary N) is 1. The van der Waals surface area contributed by atoms with E-state index < -0.39 is 0 Å². The van der Waals surface area contributed by atoms with E-state index in [1.165, 1.54) is 0 Å². The molecule has 0 saturated carbocycles. The molecule has 0 aliphatic heterocycles. The molecule has 0 unspecified atom stereocenters.